The molecular formula is C15H20O2. The van der Waals surface area contributed by atoms with Gasteiger partial charge in [0.05, 0.1) is 0 Å². The Bertz CT molecular complexity index is 388. The largest absolute Gasteiger partial charge is 0.478 e. The van der Waals surface area contributed by atoms with Gasteiger partial charge in [0.15, 0.2) is 0 Å². The minimum atomic E-state index is -0.894. The number of aliphatic carboxylic acids is 1. The van der Waals surface area contributed by atoms with Gasteiger partial charge in [-0.1, -0.05) is 44.0 Å². The van der Waals surface area contributed by atoms with Gasteiger partial charge < -0.3 is 5.11 Å². The van der Waals surface area contributed by atoms with Crippen molar-refractivity contribution in [2.75, 3.05) is 0 Å². The molecule has 0 unspecified atom stereocenters. The molecule has 0 saturated carbocycles. The summed E-state index contributed by atoms with van der Waals surface area (Å²) in [4.78, 5) is 10.5. The molecule has 17 heavy (non-hydrogen) atoms. The summed E-state index contributed by atoms with van der Waals surface area (Å²) >= 11 is 0. The van der Waals surface area contributed by atoms with E-state index in [0.717, 1.165) is 17.6 Å². The fourth-order valence-corrected chi connectivity index (χ4v) is 1.78. The molecule has 0 atom stereocenters. The Morgan fingerprint density at radius 2 is 1.88 bits per heavy atom. The van der Waals surface area contributed by atoms with Gasteiger partial charge in [0.25, 0.3) is 0 Å². The Hall–Kier alpha value is -1.57. The second-order valence-electron chi connectivity index (χ2n) is 4.32. The standard InChI is InChI=1S/C15H20O2/c1-3-4-5-6-13-7-9-14(10-8-13)12(2)11-15(16)17/h7-11H,3-6H2,1-2H3,(H,16,17)/b12-11+. The van der Waals surface area contributed by atoms with Crippen molar-refractivity contribution in [2.45, 2.75) is 39.5 Å². The van der Waals surface area contributed by atoms with Gasteiger partial charge in [-0.25, -0.2) is 4.79 Å². The van der Waals surface area contributed by atoms with E-state index in [-0.39, 0.29) is 0 Å². The lowest BCUT2D eigenvalue weighted by Gasteiger charge is -2.04. The average Bonchev–Trinajstić information content (AvgIpc) is 2.29. The van der Waals surface area contributed by atoms with E-state index in [2.05, 4.69) is 19.1 Å². The minimum absolute atomic E-state index is 0.789. The molecule has 0 aliphatic heterocycles. The molecular weight excluding hydrogens is 212 g/mol. The number of hydrogen-bond donors (Lipinski definition) is 1. The van der Waals surface area contributed by atoms with Crippen LogP contribution < -0.4 is 0 Å². The summed E-state index contributed by atoms with van der Waals surface area (Å²) in [5.74, 6) is -0.894. The highest BCUT2D eigenvalue weighted by molar-refractivity contribution is 5.89. The van der Waals surface area contributed by atoms with E-state index >= 15 is 0 Å². The molecule has 0 aromatic heterocycles. The first kappa shape index (κ1) is 13.5. The molecule has 0 radical (unpaired) electrons. The summed E-state index contributed by atoms with van der Waals surface area (Å²) in [6.07, 6.45) is 6.07. The van der Waals surface area contributed by atoms with Gasteiger partial charge >= 0.3 is 5.97 Å². The van der Waals surface area contributed by atoms with Crippen molar-refractivity contribution in [1.82, 2.24) is 0 Å². The van der Waals surface area contributed by atoms with Crippen molar-refractivity contribution < 1.29 is 9.90 Å². The molecule has 2 heteroatoms. The summed E-state index contributed by atoms with van der Waals surface area (Å²) in [5.41, 5.74) is 3.09. The third-order valence-corrected chi connectivity index (χ3v) is 2.82. The summed E-state index contributed by atoms with van der Waals surface area (Å²) in [7, 11) is 0. The molecule has 1 aromatic carbocycles. The number of allylic oxidation sites excluding steroid dienone is 1. The fourth-order valence-electron chi connectivity index (χ4n) is 1.78. The lowest BCUT2D eigenvalue weighted by atomic mass is 10.0. The van der Waals surface area contributed by atoms with Gasteiger partial charge in [-0.15, -0.1) is 0 Å². The maximum atomic E-state index is 10.5. The van der Waals surface area contributed by atoms with Gasteiger partial charge in [-0.3, -0.25) is 0 Å². The number of carbonyl (C=O) groups is 1. The summed E-state index contributed by atoms with van der Waals surface area (Å²) < 4.78 is 0. The molecule has 0 fully saturated rings. The van der Waals surface area contributed by atoms with Gasteiger partial charge in [0.2, 0.25) is 0 Å². The molecule has 1 rings (SSSR count). The van der Waals surface area contributed by atoms with E-state index < -0.39 is 5.97 Å². The van der Waals surface area contributed by atoms with Crippen LogP contribution in [-0.2, 0) is 11.2 Å². The van der Waals surface area contributed by atoms with E-state index in [0.29, 0.717) is 0 Å². The van der Waals surface area contributed by atoms with Crippen LogP contribution in [0.1, 0.15) is 44.2 Å². The Balaban J connectivity index is 2.64. The fraction of sp³-hybridized carbons (Fsp3) is 0.400. The summed E-state index contributed by atoms with van der Waals surface area (Å²) in [6.45, 7) is 4.02. The van der Waals surface area contributed by atoms with Gasteiger partial charge in [0, 0.05) is 6.08 Å². The van der Waals surface area contributed by atoms with E-state index in [9.17, 15) is 4.79 Å². The van der Waals surface area contributed by atoms with Crippen LogP contribution in [0, 0.1) is 0 Å². The number of rotatable bonds is 6. The lowest BCUT2D eigenvalue weighted by molar-refractivity contribution is -0.131. The van der Waals surface area contributed by atoms with E-state index in [1.807, 2.05) is 19.1 Å². The number of aryl methyl sites for hydroxylation is 1. The molecule has 0 amide bonds. The Kier molecular flexibility index (Phi) is 5.47. The Labute approximate surface area is 103 Å². The maximum absolute atomic E-state index is 10.5. The second kappa shape index (κ2) is 6.89. The van der Waals surface area contributed by atoms with E-state index in [1.165, 1.54) is 30.9 Å². The quantitative estimate of drug-likeness (QED) is 0.596. The summed E-state index contributed by atoms with van der Waals surface area (Å²) in [5, 5.41) is 8.67. The number of benzene rings is 1. The SMILES string of the molecule is CCCCCc1ccc(/C(C)=C/C(=O)O)cc1. The predicted octanol–water partition coefficient (Wildman–Crippen LogP) is 3.91. The van der Waals surface area contributed by atoms with Gasteiger partial charge in [-0.05, 0) is 36.5 Å². The van der Waals surface area contributed by atoms with Crippen LogP contribution in [-0.4, -0.2) is 11.1 Å². The van der Waals surface area contributed by atoms with Crippen molar-refractivity contribution in [3.63, 3.8) is 0 Å². The maximum Gasteiger partial charge on any atom is 0.328 e. The molecule has 1 N–H and O–H groups in total. The number of unbranched alkanes of at least 4 members (excludes halogenated alkanes) is 2. The normalized spacial score (nSPS) is 11.5. The molecule has 0 aliphatic carbocycles. The predicted molar refractivity (Wildman–Crippen MR) is 71.0 cm³/mol. The van der Waals surface area contributed by atoms with Crippen LogP contribution >= 0.6 is 0 Å². The van der Waals surface area contributed by atoms with Crippen LogP contribution in [0.3, 0.4) is 0 Å². The molecule has 0 saturated heterocycles. The first-order valence-electron chi connectivity index (χ1n) is 6.14. The summed E-state index contributed by atoms with van der Waals surface area (Å²) in [6, 6.07) is 8.17. The van der Waals surface area contributed by atoms with Crippen LogP contribution in [0.25, 0.3) is 5.57 Å². The third-order valence-electron chi connectivity index (χ3n) is 2.82. The zero-order valence-electron chi connectivity index (χ0n) is 10.6. The highest BCUT2D eigenvalue weighted by Gasteiger charge is 1.99. The smallest absolute Gasteiger partial charge is 0.328 e. The van der Waals surface area contributed by atoms with Crippen molar-refractivity contribution in [2.24, 2.45) is 0 Å². The van der Waals surface area contributed by atoms with Crippen LogP contribution in [0.5, 0.6) is 0 Å². The second-order valence-corrected chi connectivity index (χ2v) is 4.32. The van der Waals surface area contributed by atoms with E-state index in [1.54, 1.807) is 0 Å². The van der Waals surface area contributed by atoms with Crippen molar-refractivity contribution >= 4 is 11.5 Å². The number of carboxylic acid groups (broad SMARTS) is 1. The third kappa shape index (κ3) is 4.85. The Morgan fingerprint density at radius 1 is 1.24 bits per heavy atom. The van der Waals surface area contributed by atoms with Crippen LogP contribution in [0.15, 0.2) is 30.3 Å². The average molecular weight is 232 g/mol. The minimum Gasteiger partial charge on any atom is -0.478 e. The monoisotopic (exact) mass is 232 g/mol. The molecule has 0 bridgehead atoms. The van der Waals surface area contributed by atoms with Crippen molar-refractivity contribution in [3.05, 3.63) is 41.5 Å². The van der Waals surface area contributed by atoms with Crippen LogP contribution in [0.4, 0.5) is 0 Å². The van der Waals surface area contributed by atoms with Crippen molar-refractivity contribution in [3.8, 4) is 0 Å². The van der Waals surface area contributed by atoms with Gasteiger partial charge in [0.1, 0.15) is 0 Å². The zero-order valence-corrected chi connectivity index (χ0v) is 10.6. The number of carboxylic acids is 1. The first-order valence-corrected chi connectivity index (χ1v) is 6.14. The topological polar surface area (TPSA) is 37.3 Å². The highest BCUT2D eigenvalue weighted by Crippen LogP contribution is 2.15. The number of hydrogen-bond acceptors (Lipinski definition) is 1. The van der Waals surface area contributed by atoms with Crippen LogP contribution in [0.2, 0.25) is 0 Å². The molecule has 0 spiro atoms. The lowest BCUT2D eigenvalue weighted by Crippen LogP contribution is -1.91. The molecule has 2 nitrogen and oxygen atoms in total. The molecule has 92 valence electrons. The zero-order chi connectivity index (χ0) is 12.7. The van der Waals surface area contributed by atoms with Crippen molar-refractivity contribution in [1.29, 1.82) is 0 Å². The molecule has 0 heterocycles. The first-order chi connectivity index (χ1) is 8.13. The van der Waals surface area contributed by atoms with E-state index in [4.69, 9.17) is 5.11 Å². The molecule has 1 aromatic rings. The van der Waals surface area contributed by atoms with Gasteiger partial charge in [-0.2, -0.15) is 0 Å². The Morgan fingerprint density at radius 3 is 2.41 bits per heavy atom. The molecule has 0 aliphatic rings. The highest BCUT2D eigenvalue weighted by atomic mass is 16.4.